The van der Waals surface area contributed by atoms with Crippen LogP contribution in [0.4, 0.5) is 5.69 Å². The summed E-state index contributed by atoms with van der Waals surface area (Å²) in [5.41, 5.74) is 2.25. The van der Waals surface area contributed by atoms with E-state index in [-0.39, 0.29) is 18.2 Å². The second kappa shape index (κ2) is 4.25. The summed E-state index contributed by atoms with van der Waals surface area (Å²) in [6, 6.07) is 8.00. The van der Waals surface area contributed by atoms with Crippen molar-refractivity contribution >= 4 is 23.5 Å². The van der Waals surface area contributed by atoms with E-state index in [0.29, 0.717) is 5.96 Å². The van der Waals surface area contributed by atoms with E-state index in [4.69, 9.17) is 0 Å². The van der Waals surface area contributed by atoms with E-state index < -0.39 is 0 Å². The molecule has 0 spiro atoms. The molecule has 3 rings (SSSR count). The molecule has 2 aliphatic rings. The molecule has 2 aliphatic heterocycles. The molecular weight excluding hydrogens is 230 g/mol. The molecule has 5 nitrogen and oxygen atoms in total. The van der Waals surface area contributed by atoms with Gasteiger partial charge in [0.15, 0.2) is 0 Å². The number of nitrogens with one attached hydrogen (secondary N) is 1. The smallest absolute Gasteiger partial charge is 0.258 e. The summed E-state index contributed by atoms with van der Waals surface area (Å²) in [5, 5.41) is 2.67. The maximum absolute atomic E-state index is 11.4. The number of aryl methyl sites for hydroxylation is 1. The molecule has 2 heterocycles. The van der Waals surface area contributed by atoms with Crippen LogP contribution in [-0.2, 0) is 16.0 Å². The minimum absolute atomic E-state index is 0.154. The maximum Gasteiger partial charge on any atom is 0.258 e. The lowest BCUT2D eigenvalue weighted by molar-refractivity contribution is -0.127. The Morgan fingerprint density at radius 2 is 2.06 bits per heavy atom. The summed E-state index contributed by atoms with van der Waals surface area (Å²) >= 11 is 0. The summed E-state index contributed by atoms with van der Waals surface area (Å²) < 4.78 is 0. The van der Waals surface area contributed by atoms with E-state index >= 15 is 0 Å². The number of guanidine groups is 1. The maximum atomic E-state index is 11.4. The van der Waals surface area contributed by atoms with Gasteiger partial charge in [0.05, 0.1) is 0 Å². The molecule has 0 saturated carbocycles. The van der Waals surface area contributed by atoms with Gasteiger partial charge in [0.1, 0.15) is 6.42 Å². The van der Waals surface area contributed by atoms with Gasteiger partial charge >= 0.3 is 0 Å². The van der Waals surface area contributed by atoms with Crippen molar-refractivity contribution in [1.82, 2.24) is 5.32 Å². The fraction of sp³-hybridized carbons (Fsp3) is 0.308. The SMILES string of the molecule is O=C1CC(=O)NC(N2CCCc3ccccc32)=N1. The van der Waals surface area contributed by atoms with Crippen molar-refractivity contribution in [2.75, 3.05) is 11.4 Å². The Balaban J connectivity index is 1.99. The van der Waals surface area contributed by atoms with Crippen LogP contribution in [0.1, 0.15) is 18.4 Å². The van der Waals surface area contributed by atoms with Gasteiger partial charge in [-0.05, 0) is 24.5 Å². The van der Waals surface area contributed by atoms with Crippen LogP contribution in [0.3, 0.4) is 0 Å². The first-order chi connectivity index (χ1) is 8.74. The molecule has 0 aliphatic carbocycles. The average Bonchev–Trinajstić information content (AvgIpc) is 2.37. The monoisotopic (exact) mass is 243 g/mol. The third-order valence-corrected chi connectivity index (χ3v) is 3.16. The highest BCUT2D eigenvalue weighted by molar-refractivity contribution is 6.17. The van der Waals surface area contributed by atoms with Crippen molar-refractivity contribution in [2.24, 2.45) is 4.99 Å². The zero-order valence-electron chi connectivity index (χ0n) is 9.85. The average molecular weight is 243 g/mol. The zero-order chi connectivity index (χ0) is 12.5. The van der Waals surface area contributed by atoms with Crippen molar-refractivity contribution in [3.8, 4) is 0 Å². The lowest BCUT2D eigenvalue weighted by Crippen LogP contribution is -2.49. The number of anilines is 1. The quantitative estimate of drug-likeness (QED) is 0.687. The summed E-state index contributed by atoms with van der Waals surface area (Å²) in [6.45, 7) is 0.767. The van der Waals surface area contributed by atoms with Gasteiger partial charge in [-0.1, -0.05) is 18.2 Å². The van der Waals surface area contributed by atoms with Gasteiger partial charge in [0.25, 0.3) is 5.91 Å². The Bertz CT molecular complexity index is 551. The van der Waals surface area contributed by atoms with E-state index in [1.54, 1.807) is 0 Å². The first-order valence-corrected chi connectivity index (χ1v) is 6.01. The predicted octanol–water partition coefficient (Wildman–Crippen LogP) is 0.842. The van der Waals surface area contributed by atoms with E-state index in [1.807, 2.05) is 23.1 Å². The summed E-state index contributed by atoms with van der Waals surface area (Å²) in [6.07, 6.45) is 1.85. The highest BCUT2D eigenvalue weighted by Gasteiger charge is 2.26. The lowest BCUT2D eigenvalue weighted by atomic mass is 10.0. The normalized spacial score (nSPS) is 19.1. The van der Waals surface area contributed by atoms with Crippen molar-refractivity contribution in [1.29, 1.82) is 0 Å². The van der Waals surface area contributed by atoms with Gasteiger partial charge in [0, 0.05) is 12.2 Å². The fourth-order valence-corrected chi connectivity index (χ4v) is 2.37. The molecule has 0 radical (unpaired) electrons. The van der Waals surface area contributed by atoms with Crippen LogP contribution in [0.15, 0.2) is 29.3 Å². The van der Waals surface area contributed by atoms with Crippen molar-refractivity contribution < 1.29 is 9.59 Å². The van der Waals surface area contributed by atoms with Gasteiger partial charge in [-0.3, -0.25) is 14.9 Å². The van der Waals surface area contributed by atoms with E-state index in [2.05, 4.69) is 16.4 Å². The topological polar surface area (TPSA) is 61.8 Å². The summed E-state index contributed by atoms with van der Waals surface area (Å²) in [7, 11) is 0. The molecule has 0 aromatic heterocycles. The van der Waals surface area contributed by atoms with Gasteiger partial charge < -0.3 is 4.90 Å². The van der Waals surface area contributed by atoms with E-state index in [1.165, 1.54) is 5.56 Å². The highest BCUT2D eigenvalue weighted by Crippen LogP contribution is 2.26. The molecule has 1 aromatic carbocycles. The standard InChI is InChI=1S/C13H13N3O2/c17-11-8-12(18)15-13(14-11)16-7-3-5-9-4-1-2-6-10(9)16/h1-2,4,6H,3,5,7-8H2,(H,14,15,17,18). The fourth-order valence-electron chi connectivity index (χ4n) is 2.37. The largest absolute Gasteiger partial charge is 0.312 e. The Labute approximate surface area is 105 Å². The molecule has 0 unspecified atom stereocenters. The van der Waals surface area contributed by atoms with E-state index in [9.17, 15) is 9.59 Å². The number of carbonyl (C=O) groups excluding carboxylic acids is 2. The van der Waals surface area contributed by atoms with E-state index in [0.717, 1.165) is 25.1 Å². The Morgan fingerprint density at radius 1 is 1.22 bits per heavy atom. The number of hydrogen-bond donors (Lipinski definition) is 1. The van der Waals surface area contributed by atoms with Crippen molar-refractivity contribution in [3.05, 3.63) is 29.8 Å². The van der Waals surface area contributed by atoms with Crippen molar-refractivity contribution in [3.63, 3.8) is 0 Å². The third kappa shape index (κ3) is 1.88. The predicted molar refractivity (Wildman–Crippen MR) is 67.3 cm³/mol. The number of hydrogen-bond acceptors (Lipinski definition) is 3. The molecule has 0 atom stereocenters. The van der Waals surface area contributed by atoms with Crippen LogP contribution in [0.25, 0.3) is 0 Å². The zero-order valence-corrected chi connectivity index (χ0v) is 9.85. The lowest BCUT2D eigenvalue weighted by Gasteiger charge is -2.32. The van der Waals surface area contributed by atoms with Crippen LogP contribution in [0.2, 0.25) is 0 Å². The minimum Gasteiger partial charge on any atom is -0.312 e. The third-order valence-electron chi connectivity index (χ3n) is 3.16. The first-order valence-electron chi connectivity index (χ1n) is 6.01. The van der Waals surface area contributed by atoms with Crippen molar-refractivity contribution in [2.45, 2.75) is 19.3 Å². The minimum atomic E-state index is -0.378. The molecule has 1 N–H and O–H groups in total. The van der Waals surface area contributed by atoms with Crippen LogP contribution >= 0.6 is 0 Å². The van der Waals surface area contributed by atoms with Crippen LogP contribution < -0.4 is 10.2 Å². The van der Waals surface area contributed by atoms with Gasteiger partial charge in [-0.2, -0.15) is 4.99 Å². The number of carbonyl (C=O) groups is 2. The molecular formula is C13H13N3O2. The summed E-state index contributed by atoms with van der Waals surface area (Å²) in [4.78, 5) is 28.6. The highest BCUT2D eigenvalue weighted by atomic mass is 16.2. The molecule has 0 fully saturated rings. The number of benzene rings is 1. The molecule has 2 amide bonds. The van der Waals surface area contributed by atoms with Gasteiger partial charge in [0.2, 0.25) is 11.9 Å². The Morgan fingerprint density at radius 3 is 2.89 bits per heavy atom. The molecule has 0 saturated heterocycles. The number of nitrogens with zero attached hydrogens (tertiary/aromatic N) is 2. The van der Waals surface area contributed by atoms with Gasteiger partial charge in [-0.25, -0.2) is 0 Å². The number of amides is 2. The Hall–Kier alpha value is -2.17. The number of rotatable bonds is 0. The number of fused-ring (bicyclic) bond motifs is 1. The van der Waals surface area contributed by atoms with Crippen LogP contribution in [-0.4, -0.2) is 24.3 Å². The van der Waals surface area contributed by atoms with Crippen LogP contribution in [0.5, 0.6) is 0 Å². The molecule has 18 heavy (non-hydrogen) atoms. The Kier molecular flexibility index (Phi) is 2.59. The van der Waals surface area contributed by atoms with Crippen LogP contribution in [0, 0.1) is 0 Å². The second-order valence-electron chi connectivity index (χ2n) is 4.44. The molecule has 1 aromatic rings. The van der Waals surface area contributed by atoms with Gasteiger partial charge in [-0.15, -0.1) is 0 Å². The molecule has 0 bridgehead atoms. The molecule has 5 heteroatoms. The summed E-state index contributed by atoms with van der Waals surface area (Å²) in [5.74, 6) is -0.298. The second-order valence-corrected chi connectivity index (χ2v) is 4.44. The number of para-hydroxylation sites is 1. The molecule has 92 valence electrons. The number of aliphatic imine (C=N–C) groups is 1. The first kappa shape index (κ1) is 11.0.